The predicted octanol–water partition coefficient (Wildman–Crippen LogP) is 4.82. The Morgan fingerprint density at radius 1 is 1.20 bits per heavy atom. The summed E-state index contributed by atoms with van der Waals surface area (Å²) < 4.78 is 40.5. The first-order valence-corrected chi connectivity index (χ1v) is 6.96. The van der Waals surface area contributed by atoms with E-state index in [-0.39, 0.29) is 5.75 Å². The van der Waals surface area contributed by atoms with Gasteiger partial charge in [-0.3, -0.25) is 0 Å². The maximum atomic E-state index is 12.2. The van der Waals surface area contributed by atoms with Crippen molar-refractivity contribution in [2.24, 2.45) is 11.8 Å². The second-order valence-corrected chi connectivity index (χ2v) is 5.72. The van der Waals surface area contributed by atoms with Crippen molar-refractivity contribution in [3.05, 3.63) is 24.3 Å². The van der Waals surface area contributed by atoms with Crippen molar-refractivity contribution >= 4 is 5.69 Å². The van der Waals surface area contributed by atoms with E-state index in [0.29, 0.717) is 23.6 Å². The van der Waals surface area contributed by atoms with E-state index in [0.717, 1.165) is 12.8 Å². The van der Waals surface area contributed by atoms with E-state index < -0.39 is 6.36 Å². The molecule has 112 valence electrons. The highest BCUT2D eigenvalue weighted by Crippen LogP contribution is 2.32. The monoisotopic (exact) mass is 287 g/mol. The molecular formula is C15H20F3NO. The van der Waals surface area contributed by atoms with Crippen LogP contribution in [0.2, 0.25) is 0 Å². The average Bonchev–Trinajstić information content (AvgIpc) is 2.32. The highest BCUT2D eigenvalue weighted by atomic mass is 19.4. The maximum absolute atomic E-state index is 12.2. The number of rotatable bonds is 3. The molecule has 2 rings (SSSR count). The van der Waals surface area contributed by atoms with Crippen molar-refractivity contribution in [2.45, 2.75) is 45.5 Å². The van der Waals surface area contributed by atoms with Crippen molar-refractivity contribution in [2.75, 3.05) is 5.32 Å². The van der Waals surface area contributed by atoms with Gasteiger partial charge in [-0.2, -0.15) is 0 Å². The van der Waals surface area contributed by atoms with Crippen LogP contribution >= 0.6 is 0 Å². The van der Waals surface area contributed by atoms with Crippen molar-refractivity contribution in [3.8, 4) is 5.75 Å². The second-order valence-electron chi connectivity index (χ2n) is 5.72. The minimum absolute atomic E-state index is 0.181. The zero-order valence-electron chi connectivity index (χ0n) is 11.7. The number of alkyl halides is 3. The molecule has 1 aliphatic rings. The molecule has 1 fully saturated rings. The van der Waals surface area contributed by atoms with Gasteiger partial charge in [-0.25, -0.2) is 0 Å². The lowest BCUT2D eigenvalue weighted by atomic mass is 9.80. The standard InChI is InChI=1S/C15H20F3NO/c1-10-6-7-11(2)14(8-10)19-12-4-3-5-13(9-12)20-15(16,17)18/h3-5,9-11,14,19H,6-8H2,1-2H3. The van der Waals surface area contributed by atoms with Gasteiger partial charge < -0.3 is 10.1 Å². The summed E-state index contributed by atoms with van der Waals surface area (Å²) in [7, 11) is 0. The van der Waals surface area contributed by atoms with Crippen LogP contribution in [0.25, 0.3) is 0 Å². The van der Waals surface area contributed by atoms with Gasteiger partial charge in [0.15, 0.2) is 0 Å². The summed E-state index contributed by atoms with van der Waals surface area (Å²) in [6.45, 7) is 4.39. The number of anilines is 1. The molecular weight excluding hydrogens is 267 g/mol. The van der Waals surface area contributed by atoms with E-state index in [4.69, 9.17) is 0 Å². The molecule has 0 amide bonds. The zero-order valence-corrected chi connectivity index (χ0v) is 11.7. The first kappa shape index (κ1) is 15.0. The predicted molar refractivity (Wildman–Crippen MR) is 72.7 cm³/mol. The molecule has 0 bridgehead atoms. The summed E-state index contributed by atoms with van der Waals surface area (Å²) in [6.07, 6.45) is -1.23. The van der Waals surface area contributed by atoms with Crippen molar-refractivity contribution < 1.29 is 17.9 Å². The van der Waals surface area contributed by atoms with E-state index in [9.17, 15) is 13.2 Å². The molecule has 2 nitrogen and oxygen atoms in total. The van der Waals surface area contributed by atoms with Gasteiger partial charge in [-0.05, 0) is 36.8 Å². The minimum Gasteiger partial charge on any atom is -0.406 e. The number of ether oxygens (including phenoxy) is 1. The Bertz CT molecular complexity index is 447. The van der Waals surface area contributed by atoms with Gasteiger partial charge in [0.25, 0.3) is 0 Å². The van der Waals surface area contributed by atoms with Crippen LogP contribution in [0, 0.1) is 11.8 Å². The molecule has 5 heteroatoms. The molecule has 1 aromatic carbocycles. The molecule has 1 saturated carbocycles. The molecule has 3 atom stereocenters. The summed E-state index contributed by atoms with van der Waals surface area (Å²) >= 11 is 0. The Morgan fingerprint density at radius 2 is 1.95 bits per heavy atom. The van der Waals surface area contributed by atoms with Crippen molar-refractivity contribution in [1.82, 2.24) is 0 Å². The number of hydrogen-bond acceptors (Lipinski definition) is 2. The van der Waals surface area contributed by atoms with Crippen LogP contribution in [0.5, 0.6) is 5.75 Å². The Kier molecular flexibility index (Phi) is 4.45. The largest absolute Gasteiger partial charge is 0.573 e. The molecule has 1 N–H and O–H groups in total. The lowest BCUT2D eigenvalue weighted by Gasteiger charge is -2.34. The average molecular weight is 287 g/mol. The lowest BCUT2D eigenvalue weighted by molar-refractivity contribution is -0.274. The summed E-state index contributed by atoms with van der Waals surface area (Å²) in [5.41, 5.74) is 0.678. The molecule has 0 aliphatic heterocycles. The van der Waals surface area contributed by atoms with Gasteiger partial charge in [-0.15, -0.1) is 13.2 Å². The van der Waals surface area contributed by atoms with Crippen molar-refractivity contribution in [1.29, 1.82) is 0 Å². The molecule has 3 unspecified atom stereocenters. The Labute approximate surface area is 117 Å². The number of hydrogen-bond donors (Lipinski definition) is 1. The lowest BCUT2D eigenvalue weighted by Crippen LogP contribution is -2.33. The molecule has 0 spiro atoms. The first-order chi connectivity index (χ1) is 9.33. The summed E-state index contributed by atoms with van der Waals surface area (Å²) in [5.74, 6) is 0.996. The first-order valence-electron chi connectivity index (χ1n) is 6.96. The van der Waals surface area contributed by atoms with Crippen LogP contribution in [0.4, 0.5) is 18.9 Å². The molecule has 1 aliphatic carbocycles. The van der Waals surface area contributed by atoms with Crippen LogP contribution in [0.1, 0.15) is 33.1 Å². The second kappa shape index (κ2) is 5.94. The Hall–Kier alpha value is -1.39. The third-order valence-electron chi connectivity index (χ3n) is 3.88. The van der Waals surface area contributed by atoms with Crippen LogP contribution in [-0.4, -0.2) is 12.4 Å². The molecule has 0 radical (unpaired) electrons. The van der Waals surface area contributed by atoms with Gasteiger partial charge in [0, 0.05) is 17.8 Å². The minimum atomic E-state index is -4.65. The van der Waals surface area contributed by atoms with Gasteiger partial charge >= 0.3 is 6.36 Å². The SMILES string of the molecule is CC1CCC(C)C(Nc2cccc(OC(F)(F)F)c2)C1. The van der Waals surface area contributed by atoms with E-state index in [1.807, 2.05) is 0 Å². The van der Waals surface area contributed by atoms with E-state index in [2.05, 4.69) is 23.9 Å². The maximum Gasteiger partial charge on any atom is 0.573 e. The van der Waals surface area contributed by atoms with Crippen LogP contribution in [0.3, 0.4) is 0 Å². The fraction of sp³-hybridized carbons (Fsp3) is 0.600. The number of nitrogens with one attached hydrogen (secondary N) is 1. The number of halogens is 3. The van der Waals surface area contributed by atoms with E-state index in [1.165, 1.54) is 18.6 Å². The molecule has 20 heavy (non-hydrogen) atoms. The third-order valence-corrected chi connectivity index (χ3v) is 3.88. The summed E-state index contributed by atoms with van der Waals surface area (Å²) in [5, 5.41) is 3.34. The topological polar surface area (TPSA) is 21.3 Å². The smallest absolute Gasteiger partial charge is 0.406 e. The highest BCUT2D eigenvalue weighted by Gasteiger charge is 2.31. The number of benzene rings is 1. The van der Waals surface area contributed by atoms with Crippen LogP contribution in [-0.2, 0) is 0 Å². The molecule has 1 aromatic rings. The van der Waals surface area contributed by atoms with Crippen LogP contribution < -0.4 is 10.1 Å². The van der Waals surface area contributed by atoms with Gasteiger partial charge in [0.05, 0.1) is 0 Å². The van der Waals surface area contributed by atoms with Gasteiger partial charge in [0.2, 0.25) is 0 Å². The normalized spacial score (nSPS) is 27.1. The van der Waals surface area contributed by atoms with Crippen LogP contribution in [0.15, 0.2) is 24.3 Å². The van der Waals surface area contributed by atoms with Gasteiger partial charge in [-0.1, -0.05) is 26.3 Å². The third kappa shape index (κ3) is 4.32. The molecule has 0 heterocycles. The Balaban J connectivity index is 2.03. The zero-order chi connectivity index (χ0) is 14.8. The summed E-state index contributed by atoms with van der Waals surface area (Å²) in [4.78, 5) is 0. The summed E-state index contributed by atoms with van der Waals surface area (Å²) in [6, 6.07) is 6.36. The fourth-order valence-electron chi connectivity index (χ4n) is 2.73. The quantitative estimate of drug-likeness (QED) is 0.860. The van der Waals surface area contributed by atoms with Gasteiger partial charge in [0.1, 0.15) is 5.75 Å². The van der Waals surface area contributed by atoms with E-state index in [1.54, 1.807) is 12.1 Å². The molecule has 0 saturated heterocycles. The molecule has 0 aromatic heterocycles. The highest BCUT2D eigenvalue weighted by molar-refractivity contribution is 5.49. The fourth-order valence-corrected chi connectivity index (χ4v) is 2.73. The van der Waals surface area contributed by atoms with E-state index >= 15 is 0 Å². The van der Waals surface area contributed by atoms with Crippen molar-refractivity contribution in [3.63, 3.8) is 0 Å². The Morgan fingerprint density at radius 3 is 2.65 bits per heavy atom.